The fraction of sp³-hybridized carbons (Fsp3) is 0.647. The van der Waals surface area contributed by atoms with Gasteiger partial charge in [-0.3, -0.25) is 0 Å². The summed E-state index contributed by atoms with van der Waals surface area (Å²) < 4.78 is 7.22. The molecule has 0 aromatic carbocycles. The van der Waals surface area contributed by atoms with Crippen molar-refractivity contribution in [1.29, 1.82) is 0 Å². The molecular weight excluding hydrogens is 320 g/mol. The first kappa shape index (κ1) is 19.0. The number of carbonyl (C=O) groups excluding carboxylic acids is 1. The molecule has 1 amide bonds. The molecule has 0 saturated heterocycles. The largest absolute Gasteiger partial charge is 0.444 e. The lowest BCUT2D eigenvalue weighted by molar-refractivity contribution is 0.0296. The number of hydrogen-bond donors (Lipinski definition) is 1. The zero-order chi connectivity index (χ0) is 18.6. The van der Waals surface area contributed by atoms with Gasteiger partial charge < -0.3 is 15.4 Å². The van der Waals surface area contributed by atoms with Gasteiger partial charge in [-0.1, -0.05) is 6.92 Å². The van der Waals surface area contributed by atoms with Crippen LogP contribution in [0.1, 0.15) is 46.2 Å². The molecule has 0 saturated carbocycles. The molecule has 0 unspecified atom stereocenters. The molecule has 0 aliphatic heterocycles. The number of ether oxygens (including phenoxy) is 1. The summed E-state index contributed by atoms with van der Waals surface area (Å²) in [6, 6.07) is 0. The highest BCUT2D eigenvalue weighted by Crippen LogP contribution is 2.21. The Morgan fingerprint density at radius 3 is 2.68 bits per heavy atom. The standard InChI is InChI=1S/C17H28N6O2/c1-6-12-13-14(18)19-11-20-15(13)23(21-12)10-8-7-9-22(5)16(24)25-17(2,3)4/h11H,6-10H2,1-5H3,(H2,18,19,20). The second-order valence-electron chi connectivity index (χ2n) is 7.09. The normalized spacial score (nSPS) is 11.7. The topological polar surface area (TPSA) is 99.2 Å². The Kier molecular flexibility index (Phi) is 5.81. The lowest BCUT2D eigenvalue weighted by Crippen LogP contribution is -2.34. The SMILES string of the molecule is CCc1nn(CCCCN(C)C(=O)OC(C)(C)C)c2ncnc(N)c12. The van der Waals surface area contributed by atoms with Crippen molar-refractivity contribution in [3.8, 4) is 0 Å². The van der Waals surface area contributed by atoms with Crippen molar-refractivity contribution in [3.63, 3.8) is 0 Å². The zero-order valence-electron chi connectivity index (χ0n) is 15.7. The molecule has 0 bridgehead atoms. The van der Waals surface area contributed by atoms with E-state index in [1.807, 2.05) is 32.4 Å². The van der Waals surface area contributed by atoms with Crippen molar-refractivity contribution in [2.24, 2.45) is 0 Å². The van der Waals surface area contributed by atoms with Gasteiger partial charge in [-0.2, -0.15) is 5.10 Å². The molecule has 0 atom stereocenters. The van der Waals surface area contributed by atoms with E-state index in [1.165, 1.54) is 6.33 Å². The van der Waals surface area contributed by atoms with Crippen LogP contribution in [-0.4, -0.2) is 49.9 Å². The molecule has 138 valence electrons. The number of unbranched alkanes of at least 4 members (excludes halogenated alkanes) is 1. The first-order valence-electron chi connectivity index (χ1n) is 8.63. The highest BCUT2D eigenvalue weighted by Gasteiger charge is 2.19. The number of nitrogen functional groups attached to an aromatic ring is 1. The van der Waals surface area contributed by atoms with Crippen LogP contribution >= 0.6 is 0 Å². The summed E-state index contributed by atoms with van der Waals surface area (Å²) in [6.45, 7) is 8.97. The van der Waals surface area contributed by atoms with Crippen LogP contribution in [0, 0.1) is 0 Å². The van der Waals surface area contributed by atoms with Gasteiger partial charge in [0.25, 0.3) is 0 Å². The zero-order valence-corrected chi connectivity index (χ0v) is 15.7. The Bertz CT molecular complexity index is 735. The Morgan fingerprint density at radius 1 is 1.32 bits per heavy atom. The van der Waals surface area contributed by atoms with Gasteiger partial charge in [0.15, 0.2) is 5.65 Å². The minimum absolute atomic E-state index is 0.300. The summed E-state index contributed by atoms with van der Waals surface area (Å²) in [5.41, 5.74) is 7.17. The summed E-state index contributed by atoms with van der Waals surface area (Å²) in [7, 11) is 1.75. The van der Waals surface area contributed by atoms with Crippen LogP contribution in [0.3, 0.4) is 0 Å². The van der Waals surface area contributed by atoms with E-state index >= 15 is 0 Å². The first-order valence-corrected chi connectivity index (χ1v) is 8.63. The van der Waals surface area contributed by atoms with E-state index in [0.29, 0.717) is 12.4 Å². The quantitative estimate of drug-likeness (QED) is 0.806. The molecular formula is C17H28N6O2. The maximum atomic E-state index is 11.9. The average molecular weight is 348 g/mol. The molecule has 8 heteroatoms. The summed E-state index contributed by atoms with van der Waals surface area (Å²) in [4.78, 5) is 21.9. The number of rotatable bonds is 6. The minimum atomic E-state index is -0.477. The average Bonchev–Trinajstić information content (AvgIpc) is 2.89. The smallest absolute Gasteiger partial charge is 0.410 e. The maximum Gasteiger partial charge on any atom is 0.410 e. The van der Waals surface area contributed by atoms with Crippen LogP contribution in [0.2, 0.25) is 0 Å². The molecule has 2 aromatic heterocycles. The summed E-state index contributed by atoms with van der Waals surface area (Å²) in [6.07, 6.45) is 3.66. The van der Waals surface area contributed by atoms with Crippen molar-refractivity contribution in [3.05, 3.63) is 12.0 Å². The van der Waals surface area contributed by atoms with Gasteiger partial charge in [0.2, 0.25) is 0 Å². The number of aromatic nitrogens is 4. The van der Waals surface area contributed by atoms with Gasteiger partial charge in [0, 0.05) is 20.1 Å². The Labute approximate surface area is 148 Å². The van der Waals surface area contributed by atoms with Crippen LogP contribution in [-0.2, 0) is 17.7 Å². The number of amides is 1. The van der Waals surface area contributed by atoms with Crippen LogP contribution in [0.5, 0.6) is 0 Å². The van der Waals surface area contributed by atoms with Crippen LogP contribution in [0.15, 0.2) is 6.33 Å². The maximum absolute atomic E-state index is 11.9. The highest BCUT2D eigenvalue weighted by molar-refractivity contribution is 5.88. The number of carbonyl (C=O) groups is 1. The molecule has 2 heterocycles. The lowest BCUT2D eigenvalue weighted by atomic mass is 10.2. The van der Waals surface area contributed by atoms with Gasteiger partial charge in [-0.05, 0) is 40.0 Å². The molecule has 25 heavy (non-hydrogen) atoms. The second-order valence-corrected chi connectivity index (χ2v) is 7.09. The van der Waals surface area contributed by atoms with Crippen molar-refractivity contribution in [2.45, 2.75) is 59.1 Å². The van der Waals surface area contributed by atoms with Gasteiger partial charge in [0.1, 0.15) is 17.7 Å². The summed E-state index contributed by atoms with van der Waals surface area (Å²) in [5, 5.41) is 5.44. The van der Waals surface area contributed by atoms with Gasteiger partial charge in [-0.15, -0.1) is 0 Å². The van der Waals surface area contributed by atoms with Crippen LogP contribution in [0.25, 0.3) is 11.0 Å². The fourth-order valence-corrected chi connectivity index (χ4v) is 2.55. The van der Waals surface area contributed by atoms with Crippen LogP contribution < -0.4 is 5.73 Å². The lowest BCUT2D eigenvalue weighted by Gasteiger charge is -2.24. The van der Waals surface area contributed by atoms with E-state index in [2.05, 4.69) is 15.1 Å². The molecule has 2 rings (SSSR count). The van der Waals surface area contributed by atoms with Crippen molar-refractivity contribution in [2.75, 3.05) is 19.3 Å². The van der Waals surface area contributed by atoms with E-state index in [4.69, 9.17) is 10.5 Å². The molecule has 2 aromatic rings. The number of fused-ring (bicyclic) bond motifs is 1. The minimum Gasteiger partial charge on any atom is -0.444 e. The van der Waals surface area contributed by atoms with Gasteiger partial charge in [0.05, 0.1) is 11.1 Å². The molecule has 0 spiro atoms. The van der Waals surface area contributed by atoms with E-state index < -0.39 is 5.60 Å². The van der Waals surface area contributed by atoms with Gasteiger partial charge in [-0.25, -0.2) is 19.4 Å². The number of hydrogen-bond acceptors (Lipinski definition) is 6. The van der Waals surface area contributed by atoms with E-state index in [9.17, 15) is 4.79 Å². The number of nitrogens with two attached hydrogens (primary N) is 1. The molecule has 8 nitrogen and oxygen atoms in total. The third-order valence-corrected chi connectivity index (χ3v) is 3.78. The number of nitrogens with zero attached hydrogens (tertiary/aromatic N) is 5. The van der Waals surface area contributed by atoms with Gasteiger partial charge >= 0.3 is 6.09 Å². The van der Waals surface area contributed by atoms with E-state index in [-0.39, 0.29) is 6.09 Å². The third-order valence-electron chi connectivity index (χ3n) is 3.78. The Morgan fingerprint density at radius 2 is 2.04 bits per heavy atom. The molecule has 0 radical (unpaired) electrons. The molecule has 2 N–H and O–H groups in total. The second kappa shape index (κ2) is 7.67. The number of anilines is 1. The molecule has 0 fully saturated rings. The molecule has 0 aliphatic carbocycles. The fourth-order valence-electron chi connectivity index (χ4n) is 2.55. The summed E-state index contributed by atoms with van der Waals surface area (Å²) in [5.74, 6) is 0.470. The monoisotopic (exact) mass is 348 g/mol. The highest BCUT2D eigenvalue weighted by atomic mass is 16.6. The van der Waals surface area contributed by atoms with E-state index in [1.54, 1.807) is 11.9 Å². The van der Waals surface area contributed by atoms with Crippen LogP contribution in [0.4, 0.5) is 10.6 Å². The molecule has 0 aliphatic rings. The Hall–Kier alpha value is -2.38. The predicted molar refractivity (Wildman–Crippen MR) is 97.2 cm³/mol. The van der Waals surface area contributed by atoms with E-state index in [0.717, 1.165) is 42.5 Å². The predicted octanol–water partition coefficient (Wildman–Crippen LogP) is 2.62. The third kappa shape index (κ3) is 4.80. The van der Waals surface area contributed by atoms with Crippen molar-refractivity contribution in [1.82, 2.24) is 24.6 Å². The number of aryl methyl sites for hydroxylation is 2. The Balaban J connectivity index is 1.91. The summed E-state index contributed by atoms with van der Waals surface area (Å²) >= 11 is 0. The first-order chi connectivity index (χ1) is 11.7. The van der Waals surface area contributed by atoms with Crippen molar-refractivity contribution >= 4 is 22.9 Å². The van der Waals surface area contributed by atoms with Crippen molar-refractivity contribution < 1.29 is 9.53 Å².